The van der Waals surface area contributed by atoms with Gasteiger partial charge in [-0.1, -0.05) is 18.2 Å². The number of nitrogens with two attached hydrogens (primary N) is 1. The number of halogens is 1. The maximum Gasteiger partial charge on any atom is 0.201 e. The summed E-state index contributed by atoms with van der Waals surface area (Å²) < 4.78 is 2.71. The molecule has 0 amide bonds. The van der Waals surface area contributed by atoms with E-state index in [0.29, 0.717) is 5.95 Å². The van der Waals surface area contributed by atoms with Crippen LogP contribution in [0.2, 0.25) is 0 Å². The van der Waals surface area contributed by atoms with Crippen molar-refractivity contribution in [3.63, 3.8) is 0 Å². The average Bonchev–Trinajstić information content (AvgIpc) is 2.86. The van der Waals surface area contributed by atoms with Gasteiger partial charge in [-0.2, -0.15) is 0 Å². The SMILES string of the molecule is Cn1c(N)nc(-c2c[nH]c3ccccc23)c1Br. The number of aromatic nitrogens is 3. The molecule has 5 heteroatoms. The maximum absolute atomic E-state index is 5.80. The van der Waals surface area contributed by atoms with Gasteiger partial charge in [0.05, 0.1) is 0 Å². The predicted octanol–water partition coefficient (Wildman–Crippen LogP) is 2.91. The van der Waals surface area contributed by atoms with Crippen LogP contribution in [-0.2, 0) is 7.05 Å². The van der Waals surface area contributed by atoms with Crippen molar-refractivity contribution in [3.05, 3.63) is 35.1 Å². The van der Waals surface area contributed by atoms with Gasteiger partial charge in [0, 0.05) is 29.7 Å². The predicted molar refractivity (Wildman–Crippen MR) is 72.6 cm³/mol. The van der Waals surface area contributed by atoms with E-state index in [1.165, 1.54) is 0 Å². The van der Waals surface area contributed by atoms with E-state index < -0.39 is 0 Å². The van der Waals surface area contributed by atoms with Crippen molar-refractivity contribution in [1.82, 2.24) is 14.5 Å². The fourth-order valence-corrected chi connectivity index (χ4v) is 2.42. The lowest BCUT2D eigenvalue weighted by Gasteiger charge is -1.97. The lowest BCUT2D eigenvalue weighted by molar-refractivity contribution is 0.907. The number of rotatable bonds is 1. The zero-order valence-electron chi connectivity index (χ0n) is 9.24. The summed E-state index contributed by atoms with van der Waals surface area (Å²) in [5.74, 6) is 0.497. The minimum Gasteiger partial charge on any atom is -0.369 e. The number of fused-ring (bicyclic) bond motifs is 1. The number of nitrogen functional groups attached to an aromatic ring is 1. The highest BCUT2D eigenvalue weighted by molar-refractivity contribution is 9.10. The Balaban J connectivity index is 2.31. The molecule has 0 atom stereocenters. The van der Waals surface area contributed by atoms with Crippen LogP contribution in [0.25, 0.3) is 22.2 Å². The molecule has 0 saturated heterocycles. The molecule has 0 bridgehead atoms. The van der Waals surface area contributed by atoms with Crippen LogP contribution < -0.4 is 5.73 Å². The van der Waals surface area contributed by atoms with E-state index in [-0.39, 0.29) is 0 Å². The van der Waals surface area contributed by atoms with E-state index in [9.17, 15) is 0 Å². The third kappa shape index (κ3) is 1.46. The summed E-state index contributed by atoms with van der Waals surface area (Å²) in [5, 5.41) is 1.14. The molecule has 1 aromatic carbocycles. The Morgan fingerprint density at radius 1 is 1.35 bits per heavy atom. The number of H-pyrrole nitrogens is 1. The third-order valence-electron chi connectivity index (χ3n) is 2.90. The Kier molecular flexibility index (Phi) is 2.22. The van der Waals surface area contributed by atoms with Crippen molar-refractivity contribution in [2.45, 2.75) is 0 Å². The number of hydrogen-bond donors (Lipinski definition) is 2. The molecule has 0 aliphatic heterocycles. The highest BCUT2D eigenvalue weighted by Gasteiger charge is 2.15. The molecule has 0 aliphatic rings. The molecule has 3 N–H and O–H groups in total. The zero-order chi connectivity index (χ0) is 12.0. The van der Waals surface area contributed by atoms with Gasteiger partial charge in [-0.05, 0) is 22.0 Å². The second-order valence-electron chi connectivity index (χ2n) is 3.92. The lowest BCUT2D eigenvalue weighted by Crippen LogP contribution is -1.96. The molecule has 2 aromatic heterocycles. The average molecular weight is 291 g/mol. The summed E-state index contributed by atoms with van der Waals surface area (Å²) in [4.78, 5) is 7.61. The molecule has 4 nitrogen and oxygen atoms in total. The minimum atomic E-state index is 0.497. The number of para-hydroxylation sites is 1. The summed E-state index contributed by atoms with van der Waals surface area (Å²) in [6, 6.07) is 8.13. The van der Waals surface area contributed by atoms with Crippen LogP contribution in [0.1, 0.15) is 0 Å². The fourth-order valence-electron chi connectivity index (χ4n) is 1.93. The molecule has 0 fully saturated rings. The number of nitrogens with zero attached hydrogens (tertiary/aromatic N) is 2. The number of benzene rings is 1. The molecular formula is C12H11BrN4. The van der Waals surface area contributed by atoms with Crippen LogP contribution in [0, 0.1) is 0 Å². The van der Waals surface area contributed by atoms with Crippen LogP contribution >= 0.6 is 15.9 Å². The number of imidazole rings is 1. The van der Waals surface area contributed by atoms with Crippen LogP contribution in [0.15, 0.2) is 35.1 Å². The molecule has 2 heterocycles. The van der Waals surface area contributed by atoms with Gasteiger partial charge in [0.1, 0.15) is 10.3 Å². The second kappa shape index (κ2) is 3.63. The summed E-state index contributed by atoms with van der Waals surface area (Å²) in [7, 11) is 1.88. The highest BCUT2D eigenvalue weighted by Crippen LogP contribution is 2.33. The fraction of sp³-hybridized carbons (Fsp3) is 0.0833. The molecule has 3 rings (SSSR count). The van der Waals surface area contributed by atoms with E-state index in [2.05, 4.69) is 32.0 Å². The Morgan fingerprint density at radius 2 is 2.12 bits per heavy atom. The molecule has 17 heavy (non-hydrogen) atoms. The van der Waals surface area contributed by atoms with Crippen molar-refractivity contribution in [2.24, 2.45) is 7.05 Å². The normalized spacial score (nSPS) is 11.2. The quantitative estimate of drug-likeness (QED) is 0.724. The number of anilines is 1. The molecule has 3 aromatic rings. The van der Waals surface area contributed by atoms with Crippen molar-refractivity contribution < 1.29 is 0 Å². The van der Waals surface area contributed by atoms with Crippen molar-refractivity contribution in [3.8, 4) is 11.3 Å². The molecule has 0 radical (unpaired) electrons. The number of nitrogens with one attached hydrogen (secondary N) is 1. The maximum atomic E-state index is 5.80. The molecule has 0 spiro atoms. The smallest absolute Gasteiger partial charge is 0.201 e. The van der Waals surface area contributed by atoms with E-state index in [4.69, 9.17) is 5.73 Å². The van der Waals surface area contributed by atoms with E-state index in [1.807, 2.05) is 36.0 Å². The van der Waals surface area contributed by atoms with Gasteiger partial charge in [0.15, 0.2) is 0 Å². The van der Waals surface area contributed by atoms with Gasteiger partial charge in [-0.15, -0.1) is 0 Å². The lowest BCUT2D eigenvalue weighted by atomic mass is 10.1. The zero-order valence-corrected chi connectivity index (χ0v) is 10.8. The summed E-state index contributed by atoms with van der Waals surface area (Å²) >= 11 is 3.51. The van der Waals surface area contributed by atoms with Crippen molar-refractivity contribution in [2.75, 3.05) is 5.73 Å². The van der Waals surface area contributed by atoms with Crippen LogP contribution in [0.5, 0.6) is 0 Å². The van der Waals surface area contributed by atoms with Gasteiger partial charge in [-0.3, -0.25) is 0 Å². The number of aromatic amines is 1. The van der Waals surface area contributed by atoms with Crippen molar-refractivity contribution in [1.29, 1.82) is 0 Å². The van der Waals surface area contributed by atoms with Crippen LogP contribution in [0.4, 0.5) is 5.95 Å². The first kappa shape index (κ1) is 10.4. The summed E-state index contributed by atoms with van der Waals surface area (Å²) in [5.41, 5.74) is 8.82. The summed E-state index contributed by atoms with van der Waals surface area (Å²) in [6.07, 6.45) is 1.96. The van der Waals surface area contributed by atoms with Gasteiger partial charge >= 0.3 is 0 Å². The molecule has 0 saturated carbocycles. The van der Waals surface area contributed by atoms with Crippen molar-refractivity contribution >= 4 is 32.8 Å². The largest absolute Gasteiger partial charge is 0.369 e. The standard InChI is InChI=1S/C12H11BrN4/c1-17-11(13)10(16-12(17)14)8-6-15-9-5-3-2-4-7(8)9/h2-6,15H,1H3,(H2,14,16). The Morgan fingerprint density at radius 3 is 2.82 bits per heavy atom. The van der Waals surface area contributed by atoms with E-state index in [0.717, 1.165) is 26.8 Å². The molecule has 86 valence electrons. The monoisotopic (exact) mass is 290 g/mol. The number of hydrogen-bond acceptors (Lipinski definition) is 2. The topological polar surface area (TPSA) is 59.6 Å². The highest BCUT2D eigenvalue weighted by atomic mass is 79.9. The molecule has 0 unspecified atom stereocenters. The van der Waals surface area contributed by atoms with Gasteiger partial charge in [-0.25, -0.2) is 4.98 Å². The first-order chi connectivity index (χ1) is 8.18. The van der Waals surface area contributed by atoms with Gasteiger partial charge in [0.25, 0.3) is 0 Å². The summed E-state index contributed by atoms with van der Waals surface area (Å²) in [6.45, 7) is 0. The van der Waals surface area contributed by atoms with Gasteiger partial charge < -0.3 is 15.3 Å². The third-order valence-corrected chi connectivity index (χ3v) is 3.81. The Hall–Kier alpha value is -1.75. The van der Waals surface area contributed by atoms with E-state index in [1.54, 1.807) is 0 Å². The van der Waals surface area contributed by atoms with Crippen LogP contribution in [-0.4, -0.2) is 14.5 Å². The molecule has 0 aliphatic carbocycles. The molecular weight excluding hydrogens is 280 g/mol. The second-order valence-corrected chi connectivity index (χ2v) is 4.67. The first-order valence-electron chi connectivity index (χ1n) is 5.22. The first-order valence-corrected chi connectivity index (χ1v) is 6.02. The Labute approximate surface area is 107 Å². The Bertz CT molecular complexity index is 696. The van der Waals surface area contributed by atoms with E-state index >= 15 is 0 Å². The van der Waals surface area contributed by atoms with Crippen LogP contribution in [0.3, 0.4) is 0 Å². The van der Waals surface area contributed by atoms with Gasteiger partial charge in [0.2, 0.25) is 5.95 Å². The minimum absolute atomic E-state index is 0.497.